The van der Waals surface area contributed by atoms with Gasteiger partial charge in [-0.2, -0.15) is 26.3 Å². The lowest BCUT2D eigenvalue weighted by Crippen LogP contribution is -2.14. The van der Waals surface area contributed by atoms with Crippen LogP contribution in [0.2, 0.25) is 0 Å². The molecule has 0 amide bonds. The monoisotopic (exact) mass is 460 g/mol. The molecule has 0 saturated heterocycles. The summed E-state index contributed by atoms with van der Waals surface area (Å²) in [4.78, 5) is 18.6. The van der Waals surface area contributed by atoms with Crippen molar-refractivity contribution in [1.82, 2.24) is 4.90 Å². The number of hydrogen-bond acceptors (Lipinski definition) is 3. The predicted octanol–water partition coefficient (Wildman–Crippen LogP) is 6.31. The van der Waals surface area contributed by atoms with Crippen LogP contribution in [0.3, 0.4) is 0 Å². The van der Waals surface area contributed by atoms with Gasteiger partial charge in [-0.05, 0) is 67.8 Å². The fourth-order valence-electron chi connectivity index (χ4n) is 2.73. The van der Waals surface area contributed by atoms with Crippen LogP contribution >= 0.6 is 0 Å². The Morgan fingerprint density at radius 3 is 2.03 bits per heavy atom. The fraction of sp³-hybridized carbons (Fsp3) is 0.364. The average Bonchev–Trinajstić information content (AvgIpc) is 2.70. The van der Waals surface area contributed by atoms with E-state index in [4.69, 9.17) is 4.74 Å². The van der Waals surface area contributed by atoms with Crippen molar-refractivity contribution in [2.75, 3.05) is 13.6 Å². The molecule has 4 nitrogen and oxygen atoms in total. The Labute approximate surface area is 181 Å². The van der Waals surface area contributed by atoms with Gasteiger partial charge in [0.25, 0.3) is 0 Å². The zero-order chi connectivity index (χ0) is 24.3. The molecule has 10 heteroatoms. The van der Waals surface area contributed by atoms with Gasteiger partial charge in [-0.3, -0.25) is 0 Å². The van der Waals surface area contributed by atoms with Crippen LogP contribution in [0.15, 0.2) is 35.3 Å². The maximum Gasteiger partial charge on any atom is 0.416 e. The summed E-state index contributed by atoms with van der Waals surface area (Å²) in [6, 6.07) is 4.25. The van der Waals surface area contributed by atoms with Gasteiger partial charge in [0.2, 0.25) is 0 Å². The Morgan fingerprint density at radius 1 is 0.969 bits per heavy atom. The number of halogens is 6. The second kappa shape index (κ2) is 9.62. The second-order valence-electron chi connectivity index (χ2n) is 7.26. The number of alkyl halides is 6. The average molecular weight is 460 g/mol. The largest absolute Gasteiger partial charge is 0.457 e. The highest BCUT2D eigenvalue weighted by atomic mass is 19.4. The molecule has 0 bridgehead atoms. The Hall–Kier alpha value is -3.04. The quantitative estimate of drug-likeness (QED) is 0.220. The normalized spacial score (nSPS) is 12.3. The lowest BCUT2D eigenvalue weighted by atomic mass is 10.0. The van der Waals surface area contributed by atoms with Crippen molar-refractivity contribution in [3.8, 4) is 0 Å². The summed E-state index contributed by atoms with van der Waals surface area (Å²) in [5, 5.41) is 0. The van der Waals surface area contributed by atoms with Gasteiger partial charge in [-0.15, -0.1) is 0 Å². The van der Waals surface area contributed by atoms with Crippen molar-refractivity contribution in [2.45, 2.75) is 39.7 Å². The van der Waals surface area contributed by atoms with E-state index in [1.807, 2.05) is 18.9 Å². The number of ether oxygens (including phenoxy) is 1. The van der Waals surface area contributed by atoms with Gasteiger partial charge in [0.1, 0.15) is 6.61 Å². The summed E-state index contributed by atoms with van der Waals surface area (Å²) >= 11 is 0. The maximum absolute atomic E-state index is 13.0. The molecule has 0 aliphatic heterocycles. The smallest absolute Gasteiger partial charge is 0.416 e. The highest BCUT2D eigenvalue weighted by Gasteiger charge is 2.37. The fourth-order valence-corrected chi connectivity index (χ4v) is 2.73. The van der Waals surface area contributed by atoms with Crippen LogP contribution in [0.5, 0.6) is 0 Å². The first-order valence-electron chi connectivity index (χ1n) is 9.53. The van der Waals surface area contributed by atoms with Crippen molar-refractivity contribution < 1.29 is 35.9 Å². The minimum absolute atomic E-state index is 0.0219. The number of aryl methyl sites for hydroxylation is 2. The third kappa shape index (κ3) is 6.48. The van der Waals surface area contributed by atoms with Crippen molar-refractivity contribution in [3.05, 3.63) is 63.7 Å². The van der Waals surface area contributed by atoms with Gasteiger partial charge < -0.3 is 9.64 Å². The first kappa shape index (κ1) is 25.2. The SMILES string of the molecule is CCN(C)C=Nc1cc(C)c(C(=O)OCc2cc(C(F)(F)F)cc(C(F)(F)F)c2)cc1C. The van der Waals surface area contributed by atoms with Crippen LogP contribution in [0.1, 0.15) is 45.1 Å². The zero-order valence-electron chi connectivity index (χ0n) is 17.9. The van der Waals surface area contributed by atoms with Gasteiger partial charge >= 0.3 is 18.3 Å². The van der Waals surface area contributed by atoms with E-state index in [0.29, 0.717) is 28.9 Å². The highest BCUT2D eigenvalue weighted by Crippen LogP contribution is 2.36. The van der Waals surface area contributed by atoms with Crippen molar-refractivity contribution in [1.29, 1.82) is 0 Å². The van der Waals surface area contributed by atoms with Crippen LogP contribution in [-0.2, 0) is 23.7 Å². The molecule has 0 atom stereocenters. The summed E-state index contributed by atoms with van der Waals surface area (Å²) in [6.45, 7) is 5.30. The molecule has 0 saturated carbocycles. The van der Waals surface area contributed by atoms with Gasteiger partial charge in [-0.1, -0.05) is 0 Å². The van der Waals surface area contributed by atoms with E-state index in [1.54, 1.807) is 26.3 Å². The number of carbonyl (C=O) groups excluding carboxylic acids is 1. The molecule has 2 aromatic rings. The summed E-state index contributed by atoms with van der Waals surface area (Å²) < 4.78 is 82.9. The number of carbonyl (C=O) groups is 1. The Kier molecular flexibility index (Phi) is 7.58. The molecule has 2 rings (SSSR count). The number of benzene rings is 2. The molecule has 0 spiro atoms. The number of rotatable bonds is 6. The van der Waals surface area contributed by atoms with E-state index in [-0.39, 0.29) is 11.6 Å². The lowest BCUT2D eigenvalue weighted by Gasteiger charge is -2.15. The molecular weight excluding hydrogens is 438 g/mol. The third-order valence-corrected chi connectivity index (χ3v) is 4.67. The lowest BCUT2D eigenvalue weighted by molar-refractivity contribution is -0.143. The maximum atomic E-state index is 13.0. The molecule has 0 aromatic heterocycles. The van der Waals surface area contributed by atoms with Gasteiger partial charge in [-0.25, -0.2) is 9.79 Å². The summed E-state index contributed by atoms with van der Waals surface area (Å²) in [5.41, 5.74) is -1.43. The Bertz CT molecular complexity index is 980. The Balaban J connectivity index is 2.26. The Morgan fingerprint density at radius 2 is 1.53 bits per heavy atom. The highest BCUT2D eigenvalue weighted by molar-refractivity contribution is 5.92. The zero-order valence-corrected chi connectivity index (χ0v) is 17.9. The second-order valence-corrected chi connectivity index (χ2v) is 7.26. The van der Waals surface area contributed by atoms with Crippen molar-refractivity contribution in [3.63, 3.8) is 0 Å². The number of esters is 1. The molecule has 2 aromatic carbocycles. The third-order valence-electron chi connectivity index (χ3n) is 4.67. The van der Waals surface area contributed by atoms with Crippen LogP contribution < -0.4 is 0 Å². The minimum Gasteiger partial charge on any atom is -0.457 e. The molecule has 0 N–H and O–H groups in total. The topological polar surface area (TPSA) is 41.9 Å². The molecular formula is C22H22F6N2O2. The van der Waals surface area contributed by atoms with E-state index in [0.717, 1.165) is 6.54 Å². The molecule has 32 heavy (non-hydrogen) atoms. The van der Waals surface area contributed by atoms with E-state index >= 15 is 0 Å². The molecule has 0 aliphatic carbocycles. The summed E-state index contributed by atoms with van der Waals surface area (Å²) in [7, 11) is 1.84. The van der Waals surface area contributed by atoms with Crippen LogP contribution in [0, 0.1) is 13.8 Å². The van der Waals surface area contributed by atoms with Crippen LogP contribution in [0.4, 0.5) is 32.0 Å². The van der Waals surface area contributed by atoms with Crippen molar-refractivity contribution >= 4 is 18.0 Å². The molecule has 0 aliphatic rings. The van der Waals surface area contributed by atoms with Gasteiger partial charge in [0.15, 0.2) is 0 Å². The van der Waals surface area contributed by atoms with Crippen LogP contribution in [0.25, 0.3) is 0 Å². The van der Waals surface area contributed by atoms with E-state index in [9.17, 15) is 31.1 Å². The number of nitrogens with zero attached hydrogens (tertiary/aromatic N) is 2. The van der Waals surface area contributed by atoms with E-state index in [1.165, 1.54) is 6.07 Å². The molecule has 0 heterocycles. The van der Waals surface area contributed by atoms with Crippen LogP contribution in [-0.4, -0.2) is 30.8 Å². The standard InChI is InChI=1S/C22H22F6N2O2/c1-5-30(4)12-29-19-7-13(2)18(6-14(19)3)20(31)32-11-15-8-16(21(23,24)25)10-17(9-15)22(26,27)28/h6-10,12H,5,11H2,1-4H3. The molecule has 0 fully saturated rings. The molecule has 0 radical (unpaired) electrons. The van der Waals surface area contributed by atoms with Crippen molar-refractivity contribution in [2.24, 2.45) is 4.99 Å². The van der Waals surface area contributed by atoms with E-state index in [2.05, 4.69) is 4.99 Å². The van der Waals surface area contributed by atoms with Gasteiger partial charge in [0.05, 0.1) is 28.7 Å². The first-order valence-corrected chi connectivity index (χ1v) is 9.53. The summed E-state index contributed by atoms with van der Waals surface area (Å²) in [5.74, 6) is -0.863. The summed E-state index contributed by atoms with van der Waals surface area (Å²) in [6.07, 6.45) is -8.32. The van der Waals surface area contributed by atoms with E-state index < -0.39 is 41.6 Å². The molecule has 0 unspecified atom stereocenters. The molecule has 174 valence electrons. The first-order chi connectivity index (χ1) is 14.7. The predicted molar refractivity (Wildman–Crippen MR) is 108 cm³/mol. The van der Waals surface area contributed by atoms with Gasteiger partial charge in [0, 0.05) is 13.6 Å². The minimum atomic E-state index is -4.98. The number of aliphatic imine (C=N–C) groups is 1. The number of hydrogen-bond donors (Lipinski definition) is 0.